The van der Waals surface area contributed by atoms with E-state index in [1.54, 1.807) is 24.3 Å². The van der Waals surface area contributed by atoms with Crippen LogP contribution < -0.4 is 5.32 Å². The van der Waals surface area contributed by atoms with E-state index in [2.05, 4.69) is 16.3 Å². The fourth-order valence-electron chi connectivity index (χ4n) is 4.98. The highest BCUT2D eigenvalue weighted by atomic mass is 19.4. The topological polar surface area (TPSA) is 41.6 Å². The molecule has 0 aromatic heterocycles. The molecule has 1 fully saturated rings. The van der Waals surface area contributed by atoms with Gasteiger partial charge >= 0.3 is 6.18 Å². The molecule has 35 heavy (non-hydrogen) atoms. The molecule has 0 unspecified atom stereocenters. The van der Waals surface area contributed by atoms with Gasteiger partial charge in [-0.15, -0.1) is 0 Å². The van der Waals surface area contributed by atoms with Crippen molar-refractivity contribution >= 4 is 11.6 Å². The summed E-state index contributed by atoms with van der Waals surface area (Å²) in [5.41, 5.74) is 4.08. The maximum atomic E-state index is 13.1. The number of carbonyl (C=O) groups excluding carboxylic acids is 1. The lowest BCUT2D eigenvalue weighted by molar-refractivity contribution is -0.137. The van der Waals surface area contributed by atoms with E-state index in [0.717, 1.165) is 63.4 Å². The summed E-state index contributed by atoms with van der Waals surface area (Å²) >= 11 is 0. The van der Waals surface area contributed by atoms with Gasteiger partial charge in [-0.1, -0.05) is 36.4 Å². The van der Waals surface area contributed by atoms with Crippen LogP contribution in [0.3, 0.4) is 0 Å². The van der Waals surface area contributed by atoms with Crippen LogP contribution in [-0.2, 0) is 23.9 Å². The molecule has 0 atom stereocenters. The van der Waals surface area contributed by atoms with Crippen molar-refractivity contribution in [1.82, 2.24) is 4.90 Å². The molecule has 1 N–H and O–H groups in total. The van der Waals surface area contributed by atoms with E-state index >= 15 is 0 Å². The van der Waals surface area contributed by atoms with Crippen LogP contribution in [0, 0.1) is 0 Å². The first-order valence-corrected chi connectivity index (χ1v) is 11.9. The number of hydrogen-bond donors (Lipinski definition) is 1. The Labute approximate surface area is 202 Å². The average molecular weight is 481 g/mol. The highest BCUT2D eigenvalue weighted by Gasteiger charge is 2.30. The van der Waals surface area contributed by atoms with Gasteiger partial charge in [0.1, 0.15) is 0 Å². The lowest BCUT2D eigenvalue weighted by Gasteiger charge is -2.37. The van der Waals surface area contributed by atoms with E-state index in [9.17, 15) is 18.0 Å². The van der Waals surface area contributed by atoms with Gasteiger partial charge in [0.15, 0.2) is 0 Å². The molecule has 2 aliphatic rings. The maximum Gasteiger partial charge on any atom is 0.416 e. The van der Waals surface area contributed by atoms with Gasteiger partial charge in [-0.2, -0.15) is 13.2 Å². The molecule has 0 spiro atoms. The summed E-state index contributed by atoms with van der Waals surface area (Å²) in [6, 6.07) is 18.4. The van der Waals surface area contributed by atoms with E-state index in [1.807, 2.05) is 12.1 Å². The normalized spacial score (nSPS) is 17.1. The molecule has 1 saturated heterocycles. The minimum absolute atomic E-state index is 0.292. The Hall–Kier alpha value is -3.16. The Balaban J connectivity index is 1.31. The second-order valence-electron chi connectivity index (χ2n) is 9.12. The number of fused-ring (bicyclic) bond motifs is 1. The van der Waals surface area contributed by atoms with Crippen molar-refractivity contribution in [3.8, 4) is 11.1 Å². The molecule has 2 aliphatic heterocycles. The van der Waals surface area contributed by atoms with Crippen LogP contribution in [0.1, 0.15) is 39.9 Å². The summed E-state index contributed by atoms with van der Waals surface area (Å²) in [6.07, 6.45) is -1.33. The van der Waals surface area contributed by atoms with Gasteiger partial charge in [0.25, 0.3) is 5.91 Å². The van der Waals surface area contributed by atoms with Crippen LogP contribution in [0.15, 0.2) is 66.7 Å². The minimum Gasteiger partial charge on any atom is -0.381 e. The largest absolute Gasteiger partial charge is 0.416 e. The van der Waals surface area contributed by atoms with E-state index in [0.29, 0.717) is 22.7 Å². The zero-order valence-corrected chi connectivity index (χ0v) is 19.3. The minimum atomic E-state index is -4.40. The van der Waals surface area contributed by atoms with Gasteiger partial charge in [-0.3, -0.25) is 9.69 Å². The fourth-order valence-corrected chi connectivity index (χ4v) is 4.98. The Bertz CT molecular complexity index is 1200. The van der Waals surface area contributed by atoms with Gasteiger partial charge in [0.2, 0.25) is 0 Å². The standard InChI is InChI=1S/C28H27F3N2O2/c29-28(30,31)22-8-5-19(6-9-22)25-3-1-2-4-26(25)27(34)32-23-10-7-21-18-33(14-11-20(21)17-23)24-12-15-35-16-13-24/h1-10,17,24H,11-16,18H2,(H,32,34). The lowest BCUT2D eigenvalue weighted by Crippen LogP contribution is -2.42. The first-order valence-electron chi connectivity index (χ1n) is 11.9. The summed E-state index contributed by atoms with van der Waals surface area (Å²) in [4.78, 5) is 15.7. The SMILES string of the molecule is O=C(Nc1ccc2c(c1)CCN(C1CCOCC1)C2)c1ccccc1-c1ccc(C(F)(F)F)cc1. The molecule has 5 rings (SSSR count). The third kappa shape index (κ3) is 5.26. The quantitative estimate of drug-likeness (QED) is 0.486. The Morgan fingerprint density at radius 2 is 1.69 bits per heavy atom. The number of amides is 1. The summed E-state index contributed by atoms with van der Waals surface area (Å²) in [7, 11) is 0. The molecule has 0 aliphatic carbocycles. The van der Waals surface area contributed by atoms with Gasteiger partial charge in [-0.25, -0.2) is 0 Å². The summed E-state index contributed by atoms with van der Waals surface area (Å²) in [5.74, 6) is -0.292. The van der Waals surface area contributed by atoms with Crippen molar-refractivity contribution in [2.75, 3.05) is 25.1 Å². The van der Waals surface area contributed by atoms with Crippen LogP contribution >= 0.6 is 0 Å². The Morgan fingerprint density at radius 1 is 0.943 bits per heavy atom. The number of ether oxygens (including phenoxy) is 1. The monoisotopic (exact) mass is 480 g/mol. The number of rotatable bonds is 4. The summed E-state index contributed by atoms with van der Waals surface area (Å²) in [5, 5.41) is 2.98. The lowest BCUT2D eigenvalue weighted by atomic mass is 9.95. The molecule has 1 amide bonds. The first-order chi connectivity index (χ1) is 16.9. The van der Waals surface area contributed by atoms with Crippen molar-refractivity contribution in [3.05, 3.63) is 89.0 Å². The van der Waals surface area contributed by atoms with E-state index in [1.165, 1.54) is 23.3 Å². The van der Waals surface area contributed by atoms with Crippen molar-refractivity contribution in [2.45, 2.75) is 38.0 Å². The number of halogens is 3. The third-order valence-electron chi connectivity index (χ3n) is 6.91. The number of alkyl halides is 3. The molecule has 3 aromatic carbocycles. The zero-order valence-electron chi connectivity index (χ0n) is 19.3. The predicted octanol–water partition coefficient (Wildman–Crippen LogP) is 6.16. The summed E-state index contributed by atoms with van der Waals surface area (Å²) in [6.45, 7) is 3.55. The molecule has 0 radical (unpaired) electrons. The van der Waals surface area contributed by atoms with Crippen molar-refractivity contribution < 1.29 is 22.7 Å². The fraction of sp³-hybridized carbons (Fsp3) is 0.321. The molecule has 2 heterocycles. The van der Waals surface area contributed by atoms with Gasteiger partial charge < -0.3 is 10.1 Å². The van der Waals surface area contributed by atoms with Gasteiger partial charge in [0.05, 0.1) is 5.56 Å². The van der Waals surface area contributed by atoms with Crippen LogP contribution in [0.4, 0.5) is 18.9 Å². The van der Waals surface area contributed by atoms with E-state index in [4.69, 9.17) is 4.74 Å². The number of nitrogens with one attached hydrogen (secondary N) is 1. The Kier molecular flexibility index (Phi) is 6.62. The number of carbonyl (C=O) groups is 1. The molecular weight excluding hydrogens is 453 g/mol. The molecule has 4 nitrogen and oxygen atoms in total. The van der Waals surface area contributed by atoms with Crippen molar-refractivity contribution in [2.24, 2.45) is 0 Å². The van der Waals surface area contributed by atoms with Crippen LogP contribution in [0.2, 0.25) is 0 Å². The third-order valence-corrected chi connectivity index (χ3v) is 6.91. The highest BCUT2D eigenvalue weighted by Crippen LogP contribution is 2.32. The van der Waals surface area contributed by atoms with Crippen molar-refractivity contribution in [1.29, 1.82) is 0 Å². The molecule has 0 bridgehead atoms. The molecule has 3 aromatic rings. The number of nitrogens with zero attached hydrogens (tertiary/aromatic N) is 1. The summed E-state index contributed by atoms with van der Waals surface area (Å²) < 4.78 is 44.3. The van der Waals surface area contributed by atoms with Crippen LogP contribution in [0.25, 0.3) is 11.1 Å². The first kappa shape index (κ1) is 23.6. The van der Waals surface area contributed by atoms with Gasteiger partial charge in [0, 0.05) is 43.6 Å². The molecule has 0 saturated carbocycles. The van der Waals surface area contributed by atoms with Crippen LogP contribution in [-0.4, -0.2) is 36.6 Å². The average Bonchev–Trinajstić information content (AvgIpc) is 2.88. The van der Waals surface area contributed by atoms with E-state index < -0.39 is 11.7 Å². The van der Waals surface area contributed by atoms with Crippen molar-refractivity contribution in [3.63, 3.8) is 0 Å². The van der Waals surface area contributed by atoms with E-state index in [-0.39, 0.29) is 5.91 Å². The Morgan fingerprint density at radius 3 is 2.43 bits per heavy atom. The molecule has 7 heteroatoms. The molecule has 182 valence electrons. The highest BCUT2D eigenvalue weighted by molar-refractivity contribution is 6.08. The predicted molar refractivity (Wildman–Crippen MR) is 129 cm³/mol. The second-order valence-corrected chi connectivity index (χ2v) is 9.12. The number of benzene rings is 3. The zero-order chi connectivity index (χ0) is 24.4. The smallest absolute Gasteiger partial charge is 0.381 e. The number of hydrogen-bond acceptors (Lipinski definition) is 3. The second kappa shape index (κ2) is 9.84. The maximum absolute atomic E-state index is 13.1. The van der Waals surface area contributed by atoms with Crippen LogP contribution in [0.5, 0.6) is 0 Å². The molecular formula is C28H27F3N2O2. The van der Waals surface area contributed by atoms with Gasteiger partial charge in [-0.05, 0) is 71.8 Å². The number of anilines is 1.